The first-order valence-electron chi connectivity index (χ1n) is 8.74. The van der Waals surface area contributed by atoms with Gasteiger partial charge in [0.2, 0.25) is 0 Å². The normalized spacial score (nSPS) is 33.8. The molecule has 1 aliphatic heterocycles. The molecule has 2 saturated carbocycles. The maximum atomic E-state index is 13.1. The molecular formula is C17H24N4O3. The lowest BCUT2D eigenvalue weighted by atomic mass is 9.95. The molecule has 2 aliphatic carbocycles. The summed E-state index contributed by atoms with van der Waals surface area (Å²) >= 11 is 0. The summed E-state index contributed by atoms with van der Waals surface area (Å²) in [5, 5.41) is 39.4. The number of aliphatic hydroxyl groups excluding tert-OH is 2. The monoisotopic (exact) mass is 332 g/mol. The van der Waals surface area contributed by atoms with Crippen LogP contribution < -0.4 is 0 Å². The second-order valence-electron chi connectivity index (χ2n) is 7.31. The van der Waals surface area contributed by atoms with Crippen LogP contribution in [0.2, 0.25) is 0 Å². The first-order valence-corrected chi connectivity index (χ1v) is 8.74. The Hall–Kier alpha value is -1.83. The summed E-state index contributed by atoms with van der Waals surface area (Å²) in [5.74, 6) is 0.824. The Balaban J connectivity index is 1.91. The molecule has 0 bridgehead atoms. The van der Waals surface area contributed by atoms with Crippen molar-refractivity contribution in [2.75, 3.05) is 13.1 Å². The van der Waals surface area contributed by atoms with Gasteiger partial charge in [0, 0.05) is 13.1 Å². The molecule has 0 aromatic rings. The van der Waals surface area contributed by atoms with E-state index in [1.54, 1.807) is 9.80 Å². The summed E-state index contributed by atoms with van der Waals surface area (Å²) in [6, 6.07) is 2.37. The fraction of sp³-hybridized carbons (Fsp3) is 0.824. The second kappa shape index (κ2) is 6.96. The number of aliphatic hydroxyl groups is 2. The van der Waals surface area contributed by atoms with Crippen LogP contribution in [0, 0.1) is 34.5 Å². The van der Waals surface area contributed by atoms with E-state index in [0.717, 1.165) is 25.7 Å². The van der Waals surface area contributed by atoms with Crippen molar-refractivity contribution in [2.45, 2.75) is 62.8 Å². The van der Waals surface area contributed by atoms with Crippen molar-refractivity contribution >= 4 is 6.03 Å². The lowest BCUT2D eigenvalue weighted by Crippen LogP contribution is -2.51. The zero-order valence-corrected chi connectivity index (χ0v) is 13.7. The maximum Gasteiger partial charge on any atom is 0.320 e. The molecule has 0 aromatic heterocycles. The van der Waals surface area contributed by atoms with Gasteiger partial charge in [0.05, 0.1) is 37.1 Å². The van der Waals surface area contributed by atoms with Crippen LogP contribution in [0.25, 0.3) is 0 Å². The molecule has 0 aromatic carbocycles. The van der Waals surface area contributed by atoms with Crippen LogP contribution in [0.1, 0.15) is 38.5 Å². The van der Waals surface area contributed by atoms with Gasteiger partial charge < -0.3 is 20.0 Å². The standard InChI is InChI=1S/C17H24N4O3/c18-7-5-13-15(22)16(23)14(6-8-19)21(10-12-3-4-12)17(24)20(13)9-11-1-2-11/h11-16,22-23H,1-6,9-10H2/t13-,14-,15+,16+/m1/s1. The summed E-state index contributed by atoms with van der Waals surface area (Å²) in [4.78, 5) is 16.3. The number of hydrogen-bond donors (Lipinski definition) is 2. The van der Waals surface area contributed by atoms with Crippen molar-refractivity contribution in [1.82, 2.24) is 9.80 Å². The number of hydrogen-bond acceptors (Lipinski definition) is 5. The van der Waals surface area contributed by atoms with E-state index >= 15 is 0 Å². The number of carbonyl (C=O) groups excluding carboxylic acids is 1. The van der Waals surface area contributed by atoms with E-state index in [9.17, 15) is 15.0 Å². The minimum Gasteiger partial charge on any atom is -0.388 e. The first-order chi connectivity index (χ1) is 11.6. The smallest absolute Gasteiger partial charge is 0.320 e. The number of nitriles is 2. The third-order valence-corrected chi connectivity index (χ3v) is 5.33. The summed E-state index contributed by atoms with van der Waals surface area (Å²) in [6.45, 7) is 1.02. The fourth-order valence-electron chi connectivity index (χ4n) is 3.51. The minimum absolute atomic E-state index is 0.0206. The summed E-state index contributed by atoms with van der Waals surface area (Å²) in [6.07, 6.45) is 1.72. The van der Waals surface area contributed by atoms with Gasteiger partial charge in [-0.15, -0.1) is 0 Å². The predicted molar refractivity (Wildman–Crippen MR) is 84.3 cm³/mol. The predicted octanol–water partition coefficient (Wildman–Crippen LogP) is 0.830. The number of amides is 2. The summed E-state index contributed by atoms with van der Waals surface area (Å²) in [5.41, 5.74) is 0. The van der Waals surface area contributed by atoms with Gasteiger partial charge in [-0.2, -0.15) is 10.5 Å². The summed E-state index contributed by atoms with van der Waals surface area (Å²) < 4.78 is 0. The zero-order valence-electron chi connectivity index (χ0n) is 13.7. The highest BCUT2D eigenvalue weighted by atomic mass is 16.3. The van der Waals surface area contributed by atoms with Crippen molar-refractivity contribution in [1.29, 1.82) is 10.5 Å². The van der Waals surface area contributed by atoms with E-state index in [1.165, 1.54) is 0 Å². The van der Waals surface area contributed by atoms with Gasteiger partial charge >= 0.3 is 6.03 Å². The Morgan fingerprint density at radius 2 is 1.25 bits per heavy atom. The molecule has 130 valence electrons. The fourth-order valence-corrected chi connectivity index (χ4v) is 3.51. The molecule has 7 heteroatoms. The average molecular weight is 332 g/mol. The third-order valence-electron chi connectivity index (χ3n) is 5.33. The van der Waals surface area contributed by atoms with Crippen LogP contribution in [0.15, 0.2) is 0 Å². The van der Waals surface area contributed by atoms with E-state index < -0.39 is 24.3 Å². The van der Waals surface area contributed by atoms with Gasteiger partial charge in [-0.1, -0.05) is 0 Å². The van der Waals surface area contributed by atoms with Gasteiger partial charge in [-0.25, -0.2) is 4.79 Å². The highest BCUT2D eigenvalue weighted by Crippen LogP contribution is 2.36. The molecular weight excluding hydrogens is 308 g/mol. The SMILES string of the molecule is N#CC[C@@H]1[C@H](O)[C@@H](O)[C@@H](CC#N)N(CC2CC2)C(=O)N1CC1CC1. The molecule has 0 unspecified atom stereocenters. The lowest BCUT2D eigenvalue weighted by Gasteiger charge is -2.34. The molecule has 3 aliphatic rings. The number of carbonyl (C=O) groups is 1. The van der Waals surface area contributed by atoms with Gasteiger partial charge in [0.25, 0.3) is 0 Å². The Bertz CT molecular complexity index is 513. The molecule has 24 heavy (non-hydrogen) atoms. The van der Waals surface area contributed by atoms with Gasteiger partial charge in [0.15, 0.2) is 0 Å². The molecule has 0 spiro atoms. The third kappa shape index (κ3) is 3.48. The van der Waals surface area contributed by atoms with Crippen molar-refractivity contribution in [3.05, 3.63) is 0 Å². The Kier molecular flexibility index (Phi) is 4.93. The number of nitrogens with zero attached hydrogens (tertiary/aromatic N) is 4. The van der Waals surface area contributed by atoms with E-state index in [2.05, 4.69) is 0 Å². The van der Waals surface area contributed by atoms with Crippen molar-refractivity contribution in [3.8, 4) is 12.1 Å². The van der Waals surface area contributed by atoms with Crippen LogP contribution >= 0.6 is 0 Å². The largest absolute Gasteiger partial charge is 0.388 e. The lowest BCUT2D eigenvalue weighted by molar-refractivity contribution is -0.0384. The highest BCUT2D eigenvalue weighted by Gasteiger charge is 2.48. The Morgan fingerprint density at radius 1 is 0.875 bits per heavy atom. The van der Waals surface area contributed by atoms with E-state index in [1.807, 2.05) is 12.1 Å². The van der Waals surface area contributed by atoms with Crippen LogP contribution in [-0.4, -0.2) is 63.4 Å². The molecule has 2 N–H and O–H groups in total. The molecule has 4 atom stereocenters. The van der Waals surface area contributed by atoms with Crippen molar-refractivity contribution in [3.63, 3.8) is 0 Å². The highest BCUT2D eigenvalue weighted by molar-refractivity contribution is 5.76. The topological polar surface area (TPSA) is 112 Å². The number of urea groups is 1. The Morgan fingerprint density at radius 3 is 1.54 bits per heavy atom. The Labute approximate surface area is 142 Å². The van der Waals surface area contributed by atoms with Gasteiger partial charge in [-0.05, 0) is 37.5 Å². The van der Waals surface area contributed by atoms with Gasteiger partial charge in [-0.3, -0.25) is 0 Å². The molecule has 3 fully saturated rings. The first kappa shape index (κ1) is 17.0. The van der Waals surface area contributed by atoms with Crippen LogP contribution in [0.4, 0.5) is 4.79 Å². The minimum atomic E-state index is -1.21. The van der Waals surface area contributed by atoms with Crippen LogP contribution in [-0.2, 0) is 0 Å². The van der Waals surface area contributed by atoms with Crippen LogP contribution in [0.3, 0.4) is 0 Å². The maximum absolute atomic E-state index is 13.1. The quantitative estimate of drug-likeness (QED) is 0.748. The van der Waals surface area contributed by atoms with E-state index in [4.69, 9.17) is 10.5 Å². The average Bonchev–Trinajstić information content (AvgIpc) is 3.46. The second-order valence-corrected chi connectivity index (χ2v) is 7.31. The molecule has 1 heterocycles. The summed E-state index contributed by atoms with van der Waals surface area (Å²) in [7, 11) is 0. The van der Waals surface area contributed by atoms with Crippen LogP contribution in [0.5, 0.6) is 0 Å². The molecule has 7 nitrogen and oxygen atoms in total. The van der Waals surface area contributed by atoms with E-state index in [-0.39, 0.29) is 18.9 Å². The van der Waals surface area contributed by atoms with Gasteiger partial charge in [0.1, 0.15) is 12.2 Å². The van der Waals surface area contributed by atoms with E-state index in [0.29, 0.717) is 24.9 Å². The van der Waals surface area contributed by atoms with Crippen molar-refractivity contribution < 1.29 is 15.0 Å². The molecule has 3 rings (SSSR count). The molecule has 0 radical (unpaired) electrons. The number of rotatable bonds is 6. The zero-order chi connectivity index (χ0) is 17.3. The molecule has 1 saturated heterocycles. The van der Waals surface area contributed by atoms with Crippen molar-refractivity contribution in [2.24, 2.45) is 11.8 Å². The molecule has 2 amide bonds.